The molecule has 0 radical (unpaired) electrons. The molecule has 0 aliphatic carbocycles. The highest BCUT2D eigenvalue weighted by Crippen LogP contribution is 2.15. The molecule has 2 rings (SSSR count). The predicted molar refractivity (Wildman–Crippen MR) is 67.3 cm³/mol. The van der Waals surface area contributed by atoms with Crippen molar-refractivity contribution >= 4 is 11.5 Å². The smallest absolute Gasteiger partial charge is 0.171 e. The first kappa shape index (κ1) is 11.5. The van der Waals surface area contributed by atoms with Crippen molar-refractivity contribution in [3.63, 3.8) is 0 Å². The molecule has 0 fully saturated rings. The maximum Gasteiger partial charge on any atom is 0.171 e. The summed E-state index contributed by atoms with van der Waals surface area (Å²) in [6, 6.07) is 7.75. The number of anilines is 2. The fourth-order valence-corrected chi connectivity index (χ4v) is 1.67. The van der Waals surface area contributed by atoms with Crippen molar-refractivity contribution in [3.8, 4) is 0 Å². The molecule has 0 bridgehead atoms. The van der Waals surface area contributed by atoms with Crippen LogP contribution in [-0.2, 0) is 20.2 Å². The highest BCUT2D eigenvalue weighted by Gasteiger charge is 2.03. The summed E-state index contributed by atoms with van der Waals surface area (Å²) in [4.78, 5) is 0. The summed E-state index contributed by atoms with van der Waals surface area (Å²) in [5.41, 5.74) is 8.39. The van der Waals surface area contributed by atoms with Crippen LogP contribution in [0.25, 0.3) is 0 Å². The monoisotopic (exact) mass is 232 g/mol. The summed E-state index contributed by atoms with van der Waals surface area (Å²) in [5.74, 6) is 0.682. The van der Waals surface area contributed by atoms with Crippen LogP contribution in [0.1, 0.15) is 11.1 Å². The quantitative estimate of drug-likeness (QED) is 0.738. The van der Waals surface area contributed by atoms with E-state index in [0.29, 0.717) is 18.1 Å². The lowest BCUT2D eigenvalue weighted by Gasteiger charge is -2.05. The summed E-state index contributed by atoms with van der Waals surface area (Å²) in [7, 11) is 1.83. The highest BCUT2D eigenvalue weighted by molar-refractivity contribution is 5.59. The number of nitrogens with two attached hydrogens (primary N) is 1. The Kier molecular flexibility index (Phi) is 3.30. The van der Waals surface area contributed by atoms with Crippen LogP contribution in [0.5, 0.6) is 0 Å². The molecule has 1 aromatic heterocycles. The largest absolute Gasteiger partial charge is 0.394 e. The Balaban J connectivity index is 2.04. The van der Waals surface area contributed by atoms with E-state index in [0.717, 1.165) is 11.1 Å². The second-order valence-corrected chi connectivity index (χ2v) is 3.94. The minimum atomic E-state index is 0.0551. The molecule has 0 saturated heterocycles. The standard InChI is InChI=1S/C12H16N4O/c1-16-7-11(13)12(15-16)14-6-9-3-2-4-10(5-9)8-17/h2-5,7,17H,6,8,13H2,1H3,(H,14,15). The van der Waals surface area contributed by atoms with Gasteiger partial charge in [0, 0.05) is 19.8 Å². The minimum Gasteiger partial charge on any atom is -0.394 e. The van der Waals surface area contributed by atoms with Crippen LogP contribution in [0.15, 0.2) is 30.5 Å². The van der Waals surface area contributed by atoms with E-state index in [2.05, 4.69) is 10.4 Å². The summed E-state index contributed by atoms with van der Waals surface area (Å²) < 4.78 is 1.67. The predicted octanol–water partition coefficient (Wildman–Crippen LogP) is 1.11. The number of aryl methyl sites for hydroxylation is 1. The number of rotatable bonds is 4. The number of nitrogen functional groups attached to an aromatic ring is 1. The molecule has 0 aliphatic rings. The lowest BCUT2D eigenvalue weighted by atomic mass is 10.1. The van der Waals surface area contributed by atoms with Crippen LogP contribution in [0, 0.1) is 0 Å². The van der Waals surface area contributed by atoms with E-state index in [9.17, 15) is 0 Å². The van der Waals surface area contributed by atoms with E-state index >= 15 is 0 Å². The average molecular weight is 232 g/mol. The third kappa shape index (κ3) is 2.76. The number of hydrogen-bond acceptors (Lipinski definition) is 4. The van der Waals surface area contributed by atoms with Gasteiger partial charge in [-0.3, -0.25) is 4.68 Å². The maximum absolute atomic E-state index is 9.04. The van der Waals surface area contributed by atoms with Gasteiger partial charge in [-0.05, 0) is 11.1 Å². The molecular formula is C12H16N4O. The van der Waals surface area contributed by atoms with Crippen molar-refractivity contribution in [2.24, 2.45) is 7.05 Å². The van der Waals surface area contributed by atoms with Crippen molar-refractivity contribution in [3.05, 3.63) is 41.6 Å². The molecule has 0 aliphatic heterocycles. The number of nitrogens with zero attached hydrogens (tertiary/aromatic N) is 2. The third-order valence-corrected chi connectivity index (χ3v) is 2.49. The molecule has 0 unspecified atom stereocenters. The van der Waals surface area contributed by atoms with Gasteiger partial charge in [-0.25, -0.2) is 0 Å². The zero-order valence-corrected chi connectivity index (χ0v) is 9.72. The van der Waals surface area contributed by atoms with Gasteiger partial charge >= 0.3 is 0 Å². The molecule has 4 N–H and O–H groups in total. The maximum atomic E-state index is 9.04. The lowest BCUT2D eigenvalue weighted by molar-refractivity contribution is 0.281. The van der Waals surface area contributed by atoms with Crippen molar-refractivity contribution in [1.82, 2.24) is 9.78 Å². The molecule has 5 heteroatoms. The fraction of sp³-hybridized carbons (Fsp3) is 0.250. The molecule has 0 spiro atoms. The molecular weight excluding hydrogens is 216 g/mol. The minimum absolute atomic E-state index is 0.0551. The van der Waals surface area contributed by atoms with Crippen molar-refractivity contribution in [1.29, 1.82) is 0 Å². The van der Waals surface area contributed by atoms with Gasteiger partial charge in [0.05, 0.1) is 12.3 Å². The Hall–Kier alpha value is -2.01. The summed E-state index contributed by atoms with van der Waals surface area (Å²) in [6.07, 6.45) is 1.76. The zero-order chi connectivity index (χ0) is 12.3. The second kappa shape index (κ2) is 4.88. The van der Waals surface area contributed by atoms with Crippen LogP contribution >= 0.6 is 0 Å². The fourth-order valence-electron chi connectivity index (χ4n) is 1.67. The molecule has 90 valence electrons. The van der Waals surface area contributed by atoms with Gasteiger partial charge < -0.3 is 16.2 Å². The molecule has 1 heterocycles. The van der Waals surface area contributed by atoms with E-state index in [1.165, 1.54) is 0 Å². The summed E-state index contributed by atoms with van der Waals surface area (Å²) in [6.45, 7) is 0.689. The van der Waals surface area contributed by atoms with Crippen LogP contribution in [0.3, 0.4) is 0 Å². The van der Waals surface area contributed by atoms with Gasteiger partial charge in [-0.15, -0.1) is 0 Å². The van der Waals surface area contributed by atoms with Gasteiger partial charge in [0.2, 0.25) is 0 Å². The third-order valence-electron chi connectivity index (χ3n) is 2.49. The number of benzene rings is 1. The Labute approximate surface area is 99.9 Å². The first-order chi connectivity index (χ1) is 8.19. The summed E-state index contributed by atoms with van der Waals surface area (Å²) >= 11 is 0. The molecule has 0 atom stereocenters. The van der Waals surface area contributed by atoms with Crippen molar-refractivity contribution in [2.45, 2.75) is 13.2 Å². The molecule has 2 aromatic rings. The second-order valence-electron chi connectivity index (χ2n) is 3.94. The Morgan fingerprint density at radius 3 is 2.82 bits per heavy atom. The van der Waals surface area contributed by atoms with Gasteiger partial charge in [0.25, 0.3) is 0 Å². The first-order valence-corrected chi connectivity index (χ1v) is 5.40. The van der Waals surface area contributed by atoms with Gasteiger partial charge in [-0.1, -0.05) is 24.3 Å². The number of hydrogen-bond donors (Lipinski definition) is 3. The number of aliphatic hydroxyl groups excluding tert-OH is 1. The van der Waals surface area contributed by atoms with E-state index < -0.39 is 0 Å². The van der Waals surface area contributed by atoms with Crippen molar-refractivity contribution in [2.75, 3.05) is 11.1 Å². The number of nitrogens with one attached hydrogen (secondary N) is 1. The Morgan fingerprint density at radius 1 is 1.41 bits per heavy atom. The molecule has 0 amide bonds. The average Bonchev–Trinajstić information content (AvgIpc) is 2.65. The van der Waals surface area contributed by atoms with E-state index in [4.69, 9.17) is 10.8 Å². The van der Waals surface area contributed by atoms with E-state index in [1.807, 2.05) is 31.3 Å². The van der Waals surface area contributed by atoms with Crippen LogP contribution in [0.2, 0.25) is 0 Å². The highest BCUT2D eigenvalue weighted by atomic mass is 16.3. The van der Waals surface area contributed by atoms with Crippen LogP contribution < -0.4 is 11.1 Å². The van der Waals surface area contributed by atoms with Crippen LogP contribution in [0.4, 0.5) is 11.5 Å². The topological polar surface area (TPSA) is 76.1 Å². The Bertz CT molecular complexity index is 507. The van der Waals surface area contributed by atoms with Gasteiger partial charge in [0.1, 0.15) is 0 Å². The molecule has 1 aromatic carbocycles. The van der Waals surface area contributed by atoms with Gasteiger partial charge in [0.15, 0.2) is 5.82 Å². The molecule has 0 saturated carbocycles. The number of aromatic nitrogens is 2. The van der Waals surface area contributed by atoms with E-state index in [1.54, 1.807) is 10.9 Å². The lowest BCUT2D eigenvalue weighted by Crippen LogP contribution is -2.03. The molecule has 17 heavy (non-hydrogen) atoms. The molecule has 5 nitrogen and oxygen atoms in total. The summed E-state index contributed by atoms with van der Waals surface area (Å²) in [5, 5.41) is 16.4. The van der Waals surface area contributed by atoms with Gasteiger partial charge in [-0.2, -0.15) is 5.10 Å². The van der Waals surface area contributed by atoms with Crippen molar-refractivity contribution < 1.29 is 5.11 Å². The zero-order valence-electron chi connectivity index (χ0n) is 9.72. The normalized spacial score (nSPS) is 10.5. The SMILES string of the molecule is Cn1cc(N)c(NCc2cccc(CO)c2)n1. The van der Waals surface area contributed by atoms with E-state index in [-0.39, 0.29) is 6.61 Å². The Morgan fingerprint density at radius 2 is 2.18 bits per heavy atom. The first-order valence-electron chi connectivity index (χ1n) is 5.40. The number of aliphatic hydroxyl groups is 1. The van der Waals surface area contributed by atoms with Crippen LogP contribution in [-0.4, -0.2) is 14.9 Å².